The van der Waals surface area contributed by atoms with Crippen LogP contribution in [0.1, 0.15) is 11.1 Å². The van der Waals surface area contributed by atoms with Crippen molar-refractivity contribution >= 4 is 13.6 Å². The van der Waals surface area contributed by atoms with Crippen LogP contribution < -0.4 is 14.1 Å². The predicted molar refractivity (Wildman–Crippen MR) is 99.1 cm³/mol. The highest BCUT2D eigenvalue weighted by molar-refractivity contribution is 7.56. The number of benzene rings is 2. The van der Waals surface area contributed by atoms with Gasteiger partial charge in [0.25, 0.3) is 0 Å². The van der Waals surface area contributed by atoms with Crippen molar-refractivity contribution in [3.63, 3.8) is 0 Å². The Bertz CT molecular complexity index is 848. The first-order valence-corrected chi connectivity index (χ1v) is 9.39. The summed E-state index contributed by atoms with van der Waals surface area (Å²) in [6.45, 7) is 3.87. The molecule has 0 amide bonds. The van der Waals surface area contributed by atoms with Crippen molar-refractivity contribution < 1.29 is 13.6 Å². The Hall–Kier alpha value is -2.78. The quantitative estimate of drug-likeness (QED) is 0.603. The standard InChI is InChI=1S/C19H19N2O3P/c1-15-7-5-9-17(13-15)23-25(22,21-19-11-3-4-12-20-19)24-18-10-6-8-16(2)14-18/h3-14H,1-2H3,(H,20,21,22). The lowest BCUT2D eigenvalue weighted by Crippen LogP contribution is -2.10. The summed E-state index contributed by atoms with van der Waals surface area (Å²) in [7, 11) is -3.74. The second-order valence-electron chi connectivity index (χ2n) is 5.64. The van der Waals surface area contributed by atoms with Crippen molar-refractivity contribution in [2.45, 2.75) is 13.8 Å². The molecule has 128 valence electrons. The van der Waals surface area contributed by atoms with Crippen LogP contribution in [-0.4, -0.2) is 4.98 Å². The van der Waals surface area contributed by atoms with Gasteiger partial charge in [0.2, 0.25) is 0 Å². The topological polar surface area (TPSA) is 60.5 Å². The summed E-state index contributed by atoms with van der Waals surface area (Å²) < 4.78 is 24.8. The molecule has 25 heavy (non-hydrogen) atoms. The summed E-state index contributed by atoms with van der Waals surface area (Å²) in [5.41, 5.74) is 2.00. The molecule has 1 heterocycles. The molecule has 1 aromatic heterocycles. The molecule has 0 atom stereocenters. The van der Waals surface area contributed by atoms with E-state index in [0.29, 0.717) is 17.3 Å². The van der Waals surface area contributed by atoms with E-state index in [4.69, 9.17) is 9.05 Å². The normalized spacial score (nSPS) is 11.0. The van der Waals surface area contributed by atoms with Crippen LogP contribution >= 0.6 is 7.75 Å². The van der Waals surface area contributed by atoms with Gasteiger partial charge in [0.05, 0.1) is 0 Å². The first kappa shape index (κ1) is 17.1. The molecule has 3 aromatic rings. The molecule has 0 radical (unpaired) electrons. The number of aryl methyl sites for hydroxylation is 2. The number of hydrogen-bond donors (Lipinski definition) is 1. The minimum atomic E-state index is -3.74. The van der Waals surface area contributed by atoms with Gasteiger partial charge in [0.15, 0.2) is 0 Å². The lowest BCUT2D eigenvalue weighted by molar-refractivity contribution is 0.392. The molecule has 0 spiro atoms. The van der Waals surface area contributed by atoms with Gasteiger partial charge in [-0.2, -0.15) is 0 Å². The Morgan fingerprint density at radius 1 is 0.840 bits per heavy atom. The Labute approximate surface area is 147 Å². The average molecular weight is 354 g/mol. The van der Waals surface area contributed by atoms with Crippen molar-refractivity contribution in [1.29, 1.82) is 0 Å². The van der Waals surface area contributed by atoms with E-state index in [-0.39, 0.29) is 0 Å². The van der Waals surface area contributed by atoms with E-state index in [2.05, 4.69) is 10.1 Å². The number of anilines is 1. The highest BCUT2D eigenvalue weighted by Gasteiger charge is 2.29. The lowest BCUT2D eigenvalue weighted by atomic mass is 10.2. The molecule has 0 bridgehead atoms. The van der Waals surface area contributed by atoms with Crippen molar-refractivity contribution in [3.05, 3.63) is 84.1 Å². The molecule has 0 aliphatic heterocycles. The highest BCUT2D eigenvalue weighted by Crippen LogP contribution is 2.48. The molecular formula is C19H19N2O3P. The minimum absolute atomic E-state index is 0.408. The molecule has 0 aliphatic rings. The van der Waals surface area contributed by atoms with E-state index in [0.717, 1.165) is 11.1 Å². The third-order valence-corrected chi connectivity index (χ3v) is 4.75. The summed E-state index contributed by atoms with van der Waals surface area (Å²) in [5, 5.41) is 2.79. The lowest BCUT2D eigenvalue weighted by Gasteiger charge is -2.21. The summed E-state index contributed by atoms with van der Waals surface area (Å²) in [6.07, 6.45) is 1.60. The number of nitrogens with one attached hydrogen (secondary N) is 1. The van der Waals surface area contributed by atoms with E-state index in [1.165, 1.54) is 0 Å². The van der Waals surface area contributed by atoms with Crippen LogP contribution in [0.15, 0.2) is 72.9 Å². The van der Waals surface area contributed by atoms with Crippen LogP contribution in [-0.2, 0) is 4.57 Å². The molecule has 0 saturated carbocycles. The number of rotatable bonds is 6. The van der Waals surface area contributed by atoms with Gasteiger partial charge in [-0.3, -0.25) is 5.09 Å². The van der Waals surface area contributed by atoms with E-state index < -0.39 is 7.75 Å². The summed E-state index contributed by atoms with van der Waals surface area (Å²) in [5.74, 6) is 1.32. The summed E-state index contributed by atoms with van der Waals surface area (Å²) >= 11 is 0. The number of nitrogens with zero attached hydrogens (tertiary/aromatic N) is 1. The van der Waals surface area contributed by atoms with Crippen LogP contribution in [0.5, 0.6) is 11.5 Å². The summed E-state index contributed by atoms with van der Waals surface area (Å²) in [4.78, 5) is 4.14. The van der Waals surface area contributed by atoms with Gasteiger partial charge in [0.1, 0.15) is 17.3 Å². The number of aromatic nitrogens is 1. The Morgan fingerprint density at radius 3 is 1.92 bits per heavy atom. The van der Waals surface area contributed by atoms with Crippen molar-refractivity contribution in [3.8, 4) is 11.5 Å². The fraction of sp³-hybridized carbons (Fsp3) is 0.105. The van der Waals surface area contributed by atoms with Crippen molar-refractivity contribution in [2.24, 2.45) is 0 Å². The highest BCUT2D eigenvalue weighted by atomic mass is 31.2. The van der Waals surface area contributed by atoms with Gasteiger partial charge >= 0.3 is 7.75 Å². The first-order valence-electron chi connectivity index (χ1n) is 7.84. The van der Waals surface area contributed by atoms with Crippen molar-refractivity contribution in [2.75, 3.05) is 5.09 Å². The SMILES string of the molecule is Cc1cccc(OP(=O)(Nc2ccccn2)Oc2cccc(C)c2)c1. The fourth-order valence-electron chi connectivity index (χ4n) is 2.26. The predicted octanol–water partition coefficient (Wildman–Crippen LogP) is 5.38. The second kappa shape index (κ2) is 7.41. The van der Waals surface area contributed by atoms with Crippen molar-refractivity contribution in [1.82, 2.24) is 4.98 Å². The maximum absolute atomic E-state index is 13.3. The molecule has 0 saturated heterocycles. The molecule has 6 heteroatoms. The zero-order chi connectivity index (χ0) is 17.7. The third-order valence-electron chi connectivity index (χ3n) is 3.35. The Balaban J connectivity index is 1.90. The van der Waals surface area contributed by atoms with Gasteiger partial charge in [-0.25, -0.2) is 9.55 Å². The van der Waals surface area contributed by atoms with Gasteiger partial charge in [-0.1, -0.05) is 30.3 Å². The van der Waals surface area contributed by atoms with Gasteiger partial charge in [0, 0.05) is 6.20 Å². The Morgan fingerprint density at radius 2 is 1.44 bits per heavy atom. The molecule has 5 nitrogen and oxygen atoms in total. The van der Waals surface area contributed by atoms with Gasteiger partial charge in [-0.15, -0.1) is 0 Å². The minimum Gasteiger partial charge on any atom is -0.400 e. The largest absolute Gasteiger partial charge is 0.542 e. The molecule has 0 unspecified atom stereocenters. The number of hydrogen-bond acceptors (Lipinski definition) is 4. The van der Waals surface area contributed by atoms with Crippen LogP contribution in [0.25, 0.3) is 0 Å². The fourth-order valence-corrected chi connectivity index (χ4v) is 3.58. The van der Waals surface area contributed by atoms with Crippen LogP contribution in [0.3, 0.4) is 0 Å². The first-order chi connectivity index (χ1) is 12.0. The molecule has 2 aromatic carbocycles. The van der Waals surface area contributed by atoms with E-state index >= 15 is 0 Å². The van der Waals surface area contributed by atoms with Crippen LogP contribution in [0, 0.1) is 13.8 Å². The second-order valence-corrected chi connectivity index (χ2v) is 7.22. The number of pyridine rings is 1. The zero-order valence-electron chi connectivity index (χ0n) is 14.0. The molecule has 1 N–H and O–H groups in total. The smallest absolute Gasteiger partial charge is 0.400 e. The Kier molecular flexibility index (Phi) is 5.05. The molecule has 0 aliphatic carbocycles. The molecule has 0 fully saturated rings. The van der Waals surface area contributed by atoms with Gasteiger partial charge in [-0.05, 0) is 61.4 Å². The maximum Gasteiger partial charge on any atom is 0.542 e. The molecule has 3 rings (SSSR count). The maximum atomic E-state index is 13.3. The third kappa shape index (κ3) is 4.85. The van der Waals surface area contributed by atoms with Gasteiger partial charge < -0.3 is 9.05 Å². The average Bonchev–Trinajstić information content (AvgIpc) is 2.55. The van der Waals surface area contributed by atoms with E-state index in [1.807, 2.05) is 38.1 Å². The van der Waals surface area contributed by atoms with Crippen LogP contribution in [0.4, 0.5) is 5.82 Å². The van der Waals surface area contributed by atoms with E-state index in [1.54, 1.807) is 48.7 Å². The van der Waals surface area contributed by atoms with Crippen LogP contribution in [0.2, 0.25) is 0 Å². The zero-order valence-corrected chi connectivity index (χ0v) is 14.9. The summed E-state index contributed by atoms with van der Waals surface area (Å²) in [6, 6.07) is 19.9. The van der Waals surface area contributed by atoms with E-state index in [9.17, 15) is 4.57 Å². The monoisotopic (exact) mass is 354 g/mol. The molecular weight excluding hydrogens is 335 g/mol.